The highest BCUT2D eigenvalue weighted by molar-refractivity contribution is 7.09. The number of nitrogen functional groups attached to an aromatic ring is 1. The molecule has 0 aliphatic heterocycles. The van der Waals surface area contributed by atoms with E-state index in [0.717, 1.165) is 11.1 Å². The Morgan fingerprint density at radius 3 is 2.88 bits per heavy atom. The van der Waals surface area contributed by atoms with Gasteiger partial charge in [-0.05, 0) is 6.07 Å². The molecule has 0 aliphatic carbocycles. The molecule has 0 saturated carbocycles. The van der Waals surface area contributed by atoms with Gasteiger partial charge in [-0.3, -0.25) is 0 Å². The van der Waals surface area contributed by atoms with Crippen molar-refractivity contribution in [2.24, 2.45) is 0 Å². The van der Waals surface area contributed by atoms with Crippen LogP contribution in [0.4, 0.5) is 20.2 Å². The van der Waals surface area contributed by atoms with E-state index in [2.05, 4.69) is 10.3 Å². The third kappa shape index (κ3) is 2.91. The van der Waals surface area contributed by atoms with E-state index in [0.29, 0.717) is 13.0 Å². The second-order valence-electron chi connectivity index (χ2n) is 3.45. The first-order valence-corrected chi connectivity index (χ1v) is 5.91. The van der Waals surface area contributed by atoms with Crippen LogP contribution in [-0.4, -0.2) is 11.5 Å². The summed E-state index contributed by atoms with van der Waals surface area (Å²) >= 11 is 1.54. The summed E-state index contributed by atoms with van der Waals surface area (Å²) in [6.45, 7) is 0.528. The topological polar surface area (TPSA) is 50.9 Å². The summed E-state index contributed by atoms with van der Waals surface area (Å²) in [4.78, 5) is 4.10. The smallest absolute Gasteiger partial charge is 0.151 e. The van der Waals surface area contributed by atoms with E-state index in [4.69, 9.17) is 5.73 Å². The molecule has 0 amide bonds. The van der Waals surface area contributed by atoms with Gasteiger partial charge in [-0.25, -0.2) is 13.8 Å². The number of hydrogen-bond acceptors (Lipinski definition) is 4. The number of benzene rings is 1. The maximum Gasteiger partial charge on any atom is 0.151 e. The van der Waals surface area contributed by atoms with Crippen LogP contribution in [0.3, 0.4) is 0 Å². The van der Waals surface area contributed by atoms with E-state index < -0.39 is 11.6 Å². The molecule has 1 aromatic heterocycles. The zero-order chi connectivity index (χ0) is 12.3. The lowest BCUT2D eigenvalue weighted by molar-refractivity contribution is 0.587. The second-order valence-corrected chi connectivity index (χ2v) is 4.43. The van der Waals surface area contributed by atoms with Crippen molar-refractivity contribution in [2.45, 2.75) is 6.42 Å². The number of nitrogens with two attached hydrogens (primary N) is 1. The second kappa shape index (κ2) is 5.09. The Balaban J connectivity index is 1.99. The fraction of sp³-hybridized carbons (Fsp3) is 0.182. The van der Waals surface area contributed by atoms with Crippen molar-refractivity contribution >= 4 is 22.7 Å². The molecule has 90 valence electrons. The highest BCUT2D eigenvalue weighted by Crippen LogP contribution is 2.23. The van der Waals surface area contributed by atoms with E-state index in [9.17, 15) is 8.78 Å². The molecule has 0 aliphatic rings. The minimum Gasteiger partial charge on any atom is -0.395 e. The largest absolute Gasteiger partial charge is 0.395 e. The van der Waals surface area contributed by atoms with Crippen molar-refractivity contribution in [2.75, 3.05) is 17.6 Å². The average Bonchev–Trinajstić information content (AvgIpc) is 2.78. The molecule has 0 bridgehead atoms. The highest BCUT2D eigenvalue weighted by Gasteiger charge is 2.07. The van der Waals surface area contributed by atoms with E-state index >= 15 is 0 Å². The van der Waals surface area contributed by atoms with Crippen LogP contribution in [0.5, 0.6) is 0 Å². The zero-order valence-electron chi connectivity index (χ0n) is 8.91. The van der Waals surface area contributed by atoms with Crippen LogP contribution >= 0.6 is 11.3 Å². The minimum absolute atomic E-state index is 0.0643. The zero-order valence-corrected chi connectivity index (χ0v) is 9.73. The average molecular weight is 255 g/mol. The summed E-state index contributed by atoms with van der Waals surface area (Å²) in [5.74, 6) is -1.39. The number of nitrogens with one attached hydrogen (secondary N) is 1. The number of rotatable bonds is 4. The lowest BCUT2D eigenvalue weighted by atomic mass is 10.2. The maximum atomic E-state index is 13.1. The van der Waals surface area contributed by atoms with Gasteiger partial charge >= 0.3 is 0 Å². The number of aromatic nitrogens is 1. The van der Waals surface area contributed by atoms with Gasteiger partial charge in [0.25, 0.3) is 0 Å². The third-order valence-corrected chi connectivity index (χ3v) is 3.07. The fourth-order valence-corrected chi connectivity index (χ4v) is 2.03. The minimum atomic E-state index is -0.748. The Morgan fingerprint density at radius 1 is 1.35 bits per heavy atom. The molecular formula is C11H11F2N3S. The number of nitrogens with zero attached hydrogens (tertiary/aromatic N) is 1. The molecule has 1 heterocycles. The van der Waals surface area contributed by atoms with E-state index in [1.54, 1.807) is 6.20 Å². The molecule has 2 aromatic rings. The van der Waals surface area contributed by atoms with Crippen molar-refractivity contribution in [3.8, 4) is 0 Å². The molecule has 0 unspecified atom stereocenters. The molecule has 0 spiro atoms. The molecule has 1 aromatic carbocycles. The number of hydrogen-bond donors (Lipinski definition) is 2. The van der Waals surface area contributed by atoms with Gasteiger partial charge in [0.15, 0.2) is 5.82 Å². The van der Waals surface area contributed by atoms with E-state index in [-0.39, 0.29) is 11.4 Å². The van der Waals surface area contributed by atoms with Gasteiger partial charge in [0.2, 0.25) is 0 Å². The molecule has 17 heavy (non-hydrogen) atoms. The number of halogens is 2. The monoisotopic (exact) mass is 255 g/mol. The molecule has 6 heteroatoms. The number of thiazole rings is 1. The normalized spacial score (nSPS) is 10.5. The summed E-state index contributed by atoms with van der Waals surface area (Å²) in [6.07, 6.45) is 2.41. The van der Waals surface area contributed by atoms with E-state index in [1.165, 1.54) is 17.4 Å². The Kier molecular flexibility index (Phi) is 3.53. The van der Waals surface area contributed by atoms with Gasteiger partial charge in [-0.1, -0.05) is 0 Å². The number of anilines is 2. The van der Waals surface area contributed by atoms with Crippen LogP contribution in [0.25, 0.3) is 0 Å². The molecular weight excluding hydrogens is 244 g/mol. The Morgan fingerprint density at radius 2 is 2.18 bits per heavy atom. The maximum absolute atomic E-state index is 13.1. The Hall–Kier alpha value is -1.69. The molecule has 0 radical (unpaired) electrons. The summed E-state index contributed by atoms with van der Waals surface area (Å²) in [6, 6.07) is 1.95. The highest BCUT2D eigenvalue weighted by atomic mass is 32.1. The van der Waals surface area contributed by atoms with E-state index in [1.807, 2.05) is 5.38 Å². The van der Waals surface area contributed by atoms with Gasteiger partial charge in [0, 0.05) is 30.6 Å². The molecule has 3 N–H and O–H groups in total. The van der Waals surface area contributed by atoms with Crippen molar-refractivity contribution in [1.82, 2.24) is 4.98 Å². The Labute approximate surface area is 101 Å². The van der Waals surface area contributed by atoms with Crippen molar-refractivity contribution in [3.63, 3.8) is 0 Å². The summed E-state index contributed by atoms with van der Waals surface area (Å²) < 4.78 is 26.1. The summed E-state index contributed by atoms with van der Waals surface area (Å²) in [5, 5.41) is 5.74. The predicted octanol–water partition coefficient (Wildman–Crippen LogP) is 2.66. The van der Waals surface area contributed by atoms with Crippen molar-refractivity contribution in [3.05, 3.63) is 40.4 Å². The van der Waals surface area contributed by atoms with Gasteiger partial charge in [0.05, 0.1) is 16.4 Å². The van der Waals surface area contributed by atoms with Gasteiger partial charge < -0.3 is 11.1 Å². The molecule has 2 rings (SSSR count). The Bertz CT molecular complexity index is 500. The van der Waals surface area contributed by atoms with Crippen LogP contribution in [0.1, 0.15) is 5.01 Å². The van der Waals surface area contributed by atoms with Crippen molar-refractivity contribution in [1.29, 1.82) is 0 Å². The van der Waals surface area contributed by atoms with Gasteiger partial charge in [0.1, 0.15) is 5.82 Å². The molecule has 0 fully saturated rings. The van der Waals surface area contributed by atoms with Crippen LogP contribution in [0, 0.1) is 11.6 Å². The predicted molar refractivity (Wildman–Crippen MR) is 65.1 cm³/mol. The first-order valence-electron chi connectivity index (χ1n) is 5.03. The summed E-state index contributed by atoms with van der Waals surface area (Å²) in [7, 11) is 0. The van der Waals surface area contributed by atoms with Gasteiger partial charge in [-0.15, -0.1) is 11.3 Å². The van der Waals surface area contributed by atoms with Crippen LogP contribution in [-0.2, 0) is 6.42 Å². The van der Waals surface area contributed by atoms with Crippen molar-refractivity contribution < 1.29 is 8.78 Å². The lowest BCUT2D eigenvalue weighted by Gasteiger charge is -2.09. The first-order chi connectivity index (χ1) is 8.16. The van der Waals surface area contributed by atoms with Crippen LogP contribution in [0.15, 0.2) is 23.7 Å². The van der Waals surface area contributed by atoms with Gasteiger partial charge in [-0.2, -0.15) is 0 Å². The first kappa shape index (κ1) is 11.8. The molecule has 0 saturated heterocycles. The standard InChI is InChI=1S/C11H11F2N3S/c12-7-5-8(13)11(14)9(6-7)15-2-1-10-16-3-4-17-10/h3-6,15H,1-2,14H2. The molecule has 3 nitrogen and oxygen atoms in total. The fourth-order valence-electron chi connectivity index (χ4n) is 1.41. The molecule has 0 atom stereocenters. The van der Waals surface area contributed by atoms with Crippen LogP contribution in [0.2, 0.25) is 0 Å². The van der Waals surface area contributed by atoms with Crippen LogP contribution < -0.4 is 11.1 Å². The third-order valence-electron chi connectivity index (χ3n) is 2.23. The SMILES string of the molecule is Nc1c(F)cc(F)cc1NCCc1nccs1. The lowest BCUT2D eigenvalue weighted by Crippen LogP contribution is -2.08. The quantitative estimate of drug-likeness (QED) is 0.826. The summed E-state index contributed by atoms with van der Waals surface area (Å²) in [5.41, 5.74) is 5.71.